The van der Waals surface area contributed by atoms with Gasteiger partial charge in [0.2, 0.25) is 0 Å². The highest BCUT2D eigenvalue weighted by Gasteiger charge is 2.22. The Morgan fingerprint density at radius 2 is 2.05 bits per heavy atom. The molecule has 0 aliphatic heterocycles. The molecule has 1 atom stereocenters. The van der Waals surface area contributed by atoms with Crippen LogP contribution in [0.15, 0.2) is 24.3 Å². The molecule has 1 unspecified atom stereocenters. The van der Waals surface area contributed by atoms with Crippen LogP contribution in [-0.2, 0) is 0 Å². The fourth-order valence-corrected chi connectivity index (χ4v) is 2.32. The molecule has 0 aliphatic carbocycles. The Bertz CT molecular complexity index is 375. The summed E-state index contributed by atoms with van der Waals surface area (Å²) in [5, 5.41) is 10.2. The van der Waals surface area contributed by atoms with E-state index in [0.29, 0.717) is 6.54 Å². The third-order valence-corrected chi connectivity index (χ3v) is 3.86. The quantitative estimate of drug-likeness (QED) is 0.759. The molecular weight excluding hydrogens is 236 g/mol. The molecule has 1 aromatic rings. The van der Waals surface area contributed by atoms with Crippen molar-refractivity contribution in [3.05, 3.63) is 29.8 Å². The highest BCUT2D eigenvalue weighted by molar-refractivity contribution is 5.48. The molecule has 108 valence electrons. The van der Waals surface area contributed by atoms with Crippen LogP contribution in [0.1, 0.15) is 38.7 Å². The average Bonchev–Trinajstić information content (AvgIpc) is 2.43. The monoisotopic (exact) mass is 264 g/mol. The fraction of sp³-hybridized carbons (Fsp3) is 0.625. The molecule has 3 heteroatoms. The minimum absolute atomic E-state index is 0.347. The summed E-state index contributed by atoms with van der Waals surface area (Å²) in [5.74, 6) is 0. The molecule has 3 N–H and O–H groups in total. The van der Waals surface area contributed by atoms with E-state index in [-0.39, 0.29) is 0 Å². The van der Waals surface area contributed by atoms with Crippen molar-refractivity contribution in [1.29, 1.82) is 0 Å². The number of hydrogen-bond donors (Lipinski definition) is 2. The molecule has 1 aromatic carbocycles. The van der Waals surface area contributed by atoms with Crippen LogP contribution >= 0.6 is 0 Å². The van der Waals surface area contributed by atoms with E-state index in [9.17, 15) is 5.11 Å². The lowest BCUT2D eigenvalue weighted by molar-refractivity contribution is 0.0350. The fourth-order valence-electron chi connectivity index (χ4n) is 2.32. The summed E-state index contributed by atoms with van der Waals surface area (Å²) in [7, 11) is 0. The number of hydrogen-bond acceptors (Lipinski definition) is 3. The number of aliphatic hydroxyl groups is 1. The Kier molecular flexibility index (Phi) is 6.32. The summed E-state index contributed by atoms with van der Waals surface area (Å²) in [6.45, 7) is 8.56. The number of rotatable bonds is 8. The predicted molar refractivity (Wildman–Crippen MR) is 82.6 cm³/mol. The van der Waals surface area contributed by atoms with Gasteiger partial charge in [-0.1, -0.05) is 19.1 Å². The highest BCUT2D eigenvalue weighted by Crippen LogP contribution is 2.19. The molecule has 0 spiro atoms. The maximum atomic E-state index is 10.2. The first-order chi connectivity index (χ1) is 9.04. The summed E-state index contributed by atoms with van der Waals surface area (Å²) < 4.78 is 0. The van der Waals surface area contributed by atoms with Gasteiger partial charge in [-0.25, -0.2) is 0 Å². The Balaban J connectivity index is 2.54. The van der Waals surface area contributed by atoms with Gasteiger partial charge < -0.3 is 15.7 Å². The lowest BCUT2D eigenvalue weighted by atomic mass is 9.95. The molecule has 0 bridgehead atoms. The van der Waals surface area contributed by atoms with Gasteiger partial charge in [-0.2, -0.15) is 0 Å². The molecule has 0 saturated heterocycles. The number of nitrogens with zero attached hydrogens (tertiary/aromatic N) is 1. The maximum absolute atomic E-state index is 10.2. The smallest absolute Gasteiger partial charge is 0.0767 e. The maximum Gasteiger partial charge on any atom is 0.0767 e. The Hall–Kier alpha value is -1.06. The molecular formula is C16H28N2O. The standard InChI is InChI=1S/C16H28N2O/c1-4-16(19,13-17)10-7-11-18(5-2)15-9-6-8-14(3)12-15/h6,8-9,12,19H,4-5,7,10-11,13,17H2,1-3H3. The van der Waals surface area contributed by atoms with Crippen molar-refractivity contribution in [3.8, 4) is 0 Å². The van der Waals surface area contributed by atoms with E-state index in [1.54, 1.807) is 0 Å². The molecule has 0 fully saturated rings. The third-order valence-electron chi connectivity index (χ3n) is 3.86. The van der Waals surface area contributed by atoms with Crippen LogP contribution in [0, 0.1) is 6.92 Å². The SMILES string of the molecule is CCN(CCCC(O)(CC)CN)c1cccc(C)c1. The summed E-state index contributed by atoms with van der Waals surface area (Å²) >= 11 is 0. The average molecular weight is 264 g/mol. The van der Waals surface area contributed by atoms with Gasteiger partial charge in [0.1, 0.15) is 0 Å². The predicted octanol–water partition coefficient (Wildman–Crippen LogP) is 2.70. The van der Waals surface area contributed by atoms with Crippen LogP contribution in [0.5, 0.6) is 0 Å². The van der Waals surface area contributed by atoms with E-state index in [1.165, 1.54) is 11.3 Å². The molecule has 0 radical (unpaired) electrons. The second kappa shape index (κ2) is 7.51. The van der Waals surface area contributed by atoms with E-state index in [2.05, 4.69) is 43.0 Å². The van der Waals surface area contributed by atoms with Crippen molar-refractivity contribution in [1.82, 2.24) is 0 Å². The zero-order valence-electron chi connectivity index (χ0n) is 12.5. The summed E-state index contributed by atoms with van der Waals surface area (Å²) in [6.07, 6.45) is 2.45. The van der Waals surface area contributed by atoms with Crippen molar-refractivity contribution in [2.75, 3.05) is 24.5 Å². The minimum Gasteiger partial charge on any atom is -0.389 e. The minimum atomic E-state index is -0.688. The van der Waals surface area contributed by atoms with Crippen molar-refractivity contribution in [2.45, 2.75) is 45.6 Å². The van der Waals surface area contributed by atoms with Crippen molar-refractivity contribution >= 4 is 5.69 Å². The molecule has 19 heavy (non-hydrogen) atoms. The van der Waals surface area contributed by atoms with E-state index < -0.39 is 5.60 Å². The van der Waals surface area contributed by atoms with E-state index in [1.807, 2.05) is 6.92 Å². The molecule has 0 heterocycles. The van der Waals surface area contributed by atoms with E-state index >= 15 is 0 Å². The number of anilines is 1. The lowest BCUT2D eigenvalue weighted by Gasteiger charge is -2.28. The van der Waals surface area contributed by atoms with Gasteiger partial charge in [-0.15, -0.1) is 0 Å². The van der Waals surface area contributed by atoms with Crippen LogP contribution in [0.3, 0.4) is 0 Å². The molecule has 0 amide bonds. The summed E-state index contributed by atoms with van der Waals surface area (Å²) in [5.41, 5.74) is 7.49. The normalized spacial score (nSPS) is 14.2. The first-order valence-electron chi connectivity index (χ1n) is 7.28. The lowest BCUT2D eigenvalue weighted by Crippen LogP contribution is -2.38. The molecule has 1 rings (SSSR count). The zero-order chi connectivity index (χ0) is 14.3. The zero-order valence-corrected chi connectivity index (χ0v) is 12.5. The Morgan fingerprint density at radius 3 is 2.58 bits per heavy atom. The largest absolute Gasteiger partial charge is 0.389 e. The molecule has 0 aromatic heterocycles. The van der Waals surface area contributed by atoms with Crippen LogP contribution in [0.4, 0.5) is 5.69 Å². The van der Waals surface area contributed by atoms with E-state index in [0.717, 1.165) is 32.4 Å². The van der Waals surface area contributed by atoms with Crippen LogP contribution in [0.2, 0.25) is 0 Å². The van der Waals surface area contributed by atoms with Crippen molar-refractivity contribution < 1.29 is 5.11 Å². The van der Waals surface area contributed by atoms with Crippen molar-refractivity contribution in [2.24, 2.45) is 5.73 Å². The Labute approximate surface area is 117 Å². The van der Waals surface area contributed by atoms with Gasteiger partial charge in [0, 0.05) is 25.3 Å². The van der Waals surface area contributed by atoms with Gasteiger partial charge in [-0.3, -0.25) is 0 Å². The second-order valence-corrected chi connectivity index (χ2v) is 5.30. The van der Waals surface area contributed by atoms with Gasteiger partial charge in [0.25, 0.3) is 0 Å². The number of nitrogens with two attached hydrogens (primary N) is 1. The third kappa shape index (κ3) is 4.84. The molecule has 3 nitrogen and oxygen atoms in total. The van der Waals surface area contributed by atoms with Crippen molar-refractivity contribution in [3.63, 3.8) is 0 Å². The topological polar surface area (TPSA) is 49.5 Å². The number of benzene rings is 1. The highest BCUT2D eigenvalue weighted by atomic mass is 16.3. The first-order valence-corrected chi connectivity index (χ1v) is 7.28. The van der Waals surface area contributed by atoms with Gasteiger partial charge in [0.15, 0.2) is 0 Å². The van der Waals surface area contributed by atoms with Gasteiger partial charge in [-0.05, 0) is 50.8 Å². The number of aryl methyl sites for hydroxylation is 1. The summed E-state index contributed by atoms with van der Waals surface area (Å²) in [4.78, 5) is 2.35. The van der Waals surface area contributed by atoms with Gasteiger partial charge >= 0.3 is 0 Å². The molecule has 0 saturated carbocycles. The van der Waals surface area contributed by atoms with E-state index in [4.69, 9.17) is 5.73 Å². The van der Waals surface area contributed by atoms with Crippen LogP contribution in [0.25, 0.3) is 0 Å². The van der Waals surface area contributed by atoms with Crippen LogP contribution < -0.4 is 10.6 Å². The summed E-state index contributed by atoms with van der Waals surface area (Å²) in [6, 6.07) is 8.56. The molecule has 0 aliphatic rings. The van der Waals surface area contributed by atoms with Crippen LogP contribution in [-0.4, -0.2) is 30.3 Å². The first kappa shape index (κ1) is 16.0. The van der Waals surface area contributed by atoms with Gasteiger partial charge in [0.05, 0.1) is 5.60 Å². The Morgan fingerprint density at radius 1 is 1.32 bits per heavy atom. The second-order valence-electron chi connectivity index (χ2n) is 5.30.